The Morgan fingerprint density at radius 3 is 2.68 bits per heavy atom. The van der Waals surface area contributed by atoms with Crippen LogP contribution >= 0.6 is 11.6 Å². The third-order valence-corrected chi connectivity index (χ3v) is 3.77. The predicted molar refractivity (Wildman–Crippen MR) is 75.7 cm³/mol. The van der Waals surface area contributed by atoms with E-state index in [0.29, 0.717) is 6.79 Å². The highest BCUT2D eigenvalue weighted by atomic mass is 35.5. The van der Waals surface area contributed by atoms with Crippen molar-refractivity contribution in [2.75, 3.05) is 6.79 Å². The molecule has 0 unspecified atom stereocenters. The Bertz CT molecular complexity index is 704. The SMILES string of the molecule is Clc1ccc2c(c1)CC=Cc1cc3c(cc1-2)OCO3. The van der Waals surface area contributed by atoms with Gasteiger partial charge in [0.05, 0.1) is 0 Å². The van der Waals surface area contributed by atoms with E-state index in [9.17, 15) is 0 Å². The summed E-state index contributed by atoms with van der Waals surface area (Å²) in [5.41, 5.74) is 4.78. The quantitative estimate of drug-likeness (QED) is 0.710. The highest BCUT2D eigenvalue weighted by Gasteiger charge is 2.19. The zero-order valence-corrected chi connectivity index (χ0v) is 10.9. The van der Waals surface area contributed by atoms with E-state index in [-0.39, 0.29) is 0 Å². The fourth-order valence-electron chi connectivity index (χ4n) is 2.64. The molecule has 0 bridgehead atoms. The van der Waals surface area contributed by atoms with Gasteiger partial charge in [-0.1, -0.05) is 29.8 Å². The second kappa shape index (κ2) is 4.04. The average Bonchev–Trinajstić information content (AvgIpc) is 2.78. The molecule has 0 fully saturated rings. The van der Waals surface area contributed by atoms with Crippen molar-refractivity contribution in [3.05, 3.63) is 52.6 Å². The fraction of sp³-hybridized carbons (Fsp3) is 0.125. The Morgan fingerprint density at radius 1 is 0.947 bits per heavy atom. The number of ether oxygens (including phenoxy) is 2. The van der Waals surface area contributed by atoms with E-state index in [2.05, 4.69) is 24.3 Å². The second-order valence-electron chi connectivity index (χ2n) is 4.70. The van der Waals surface area contributed by atoms with Crippen molar-refractivity contribution in [1.29, 1.82) is 0 Å². The molecule has 94 valence electrons. The van der Waals surface area contributed by atoms with Crippen LogP contribution in [0.3, 0.4) is 0 Å². The molecule has 1 aliphatic heterocycles. The van der Waals surface area contributed by atoms with E-state index >= 15 is 0 Å². The molecule has 0 atom stereocenters. The van der Waals surface area contributed by atoms with Gasteiger partial charge in [-0.25, -0.2) is 0 Å². The molecule has 0 aromatic heterocycles. The number of fused-ring (bicyclic) bond motifs is 4. The maximum Gasteiger partial charge on any atom is 0.231 e. The van der Waals surface area contributed by atoms with E-state index in [1.807, 2.05) is 18.2 Å². The van der Waals surface area contributed by atoms with Crippen LogP contribution < -0.4 is 9.47 Å². The van der Waals surface area contributed by atoms with Crippen LogP contribution in [0.5, 0.6) is 11.5 Å². The molecule has 0 amide bonds. The summed E-state index contributed by atoms with van der Waals surface area (Å²) in [5, 5.41) is 0.774. The van der Waals surface area contributed by atoms with Crippen LogP contribution in [0.2, 0.25) is 5.02 Å². The molecule has 2 nitrogen and oxygen atoms in total. The van der Waals surface area contributed by atoms with Crippen molar-refractivity contribution in [2.45, 2.75) is 6.42 Å². The van der Waals surface area contributed by atoms with Gasteiger partial charge in [0, 0.05) is 5.02 Å². The molecule has 0 saturated heterocycles. The zero-order chi connectivity index (χ0) is 12.8. The molecule has 2 aliphatic rings. The van der Waals surface area contributed by atoms with Crippen molar-refractivity contribution >= 4 is 17.7 Å². The number of hydrogen-bond acceptors (Lipinski definition) is 2. The van der Waals surface area contributed by atoms with Crippen molar-refractivity contribution in [1.82, 2.24) is 0 Å². The summed E-state index contributed by atoms with van der Waals surface area (Å²) in [6.45, 7) is 0.301. The topological polar surface area (TPSA) is 18.5 Å². The van der Waals surface area contributed by atoms with Crippen LogP contribution in [0, 0.1) is 0 Å². The fourth-order valence-corrected chi connectivity index (χ4v) is 2.83. The highest BCUT2D eigenvalue weighted by Crippen LogP contribution is 2.41. The molecule has 3 heteroatoms. The lowest BCUT2D eigenvalue weighted by Crippen LogP contribution is -1.92. The molecular formula is C16H11ClO2. The van der Waals surface area contributed by atoms with Gasteiger partial charge in [0.25, 0.3) is 0 Å². The minimum absolute atomic E-state index is 0.301. The minimum atomic E-state index is 0.301. The molecule has 1 heterocycles. The minimum Gasteiger partial charge on any atom is -0.454 e. The maximum absolute atomic E-state index is 6.08. The summed E-state index contributed by atoms with van der Waals surface area (Å²) >= 11 is 6.08. The van der Waals surface area contributed by atoms with Gasteiger partial charge in [-0.2, -0.15) is 0 Å². The molecular weight excluding hydrogens is 260 g/mol. The van der Waals surface area contributed by atoms with E-state index in [1.165, 1.54) is 16.7 Å². The summed E-state index contributed by atoms with van der Waals surface area (Å²) < 4.78 is 10.9. The van der Waals surface area contributed by atoms with Crippen LogP contribution in [-0.4, -0.2) is 6.79 Å². The largest absolute Gasteiger partial charge is 0.454 e. The number of allylic oxidation sites excluding steroid dienone is 1. The summed E-state index contributed by atoms with van der Waals surface area (Å²) in [7, 11) is 0. The first-order chi connectivity index (χ1) is 9.31. The van der Waals surface area contributed by atoms with Crippen LogP contribution in [0.15, 0.2) is 36.4 Å². The Hall–Kier alpha value is -1.93. The monoisotopic (exact) mass is 270 g/mol. The summed E-state index contributed by atoms with van der Waals surface area (Å²) in [5.74, 6) is 1.63. The molecule has 4 rings (SSSR count). The summed E-state index contributed by atoms with van der Waals surface area (Å²) in [6.07, 6.45) is 5.17. The van der Waals surface area contributed by atoms with Gasteiger partial charge in [-0.3, -0.25) is 0 Å². The van der Waals surface area contributed by atoms with Gasteiger partial charge in [-0.15, -0.1) is 0 Å². The van der Waals surface area contributed by atoms with Crippen molar-refractivity contribution < 1.29 is 9.47 Å². The van der Waals surface area contributed by atoms with Gasteiger partial charge < -0.3 is 9.47 Å². The number of halogens is 1. The Labute approximate surface area is 116 Å². The standard InChI is InChI=1S/C16H11ClO2/c17-12-4-5-13-10(6-12)2-1-3-11-7-15-16(8-14(11)13)19-9-18-15/h1,3-8H,2,9H2. The van der Waals surface area contributed by atoms with Gasteiger partial charge in [0.15, 0.2) is 11.5 Å². The first-order valence-electron chi connectivity index (χ1n) is 6.20. The molecule has 0 radical (unpaired) electrons. The van der Waals surface area contributed by atoms with Crippen molar-refractivity contribution in [2.24, 2.45) is 0 Å². The molecule has 0 saturated carbocycles. The van der Waals surface area contributed by atoms with E-state index in [0.717, 1.165) is 28.5 Å². The molecule has 0 N–H and O–H groups in total. The molecule has 1 aliphatic carbocycles. The molecule has 2 aromatic carbocycles. The van der Waals surface area contributed by atoms with Gasteiger partial charge in [-0.05, 0) is 52.9 Å². The third kappa shape index (κ3) is 1.71. The lowest BCUT2D eigenvalue weighted by Gasteiger charge is -2.10. The average molecular weight is 271 g/mol. The molecule has 2 aromatic rings. The van der Waals surface area contributed by atoms with Crippen LogP contribution in [0.25, 0.3) is 17.2 Å². The normalized spacial score (nSPS) is 14.8. The van der Waals surface area contributed by atoms with E-state index < -0.39 is 0 Å². The maximum atomic E-state index is 6.08. The molecule has 0 spiro atoms. The Morgan fingerprint density at radius 2 is 1.79 bits per heavy atom. The second-order valence-corrected chi connectivity index (χ2v) is 5.14. The number of hydrogen-bond donors (Lipinski definition) is 0. The van der Waals surface area contributed by atoms with Crippen LogP contribution in [-0.2, 0) is 6.42 Å². The van der Waals surface area contributed by atoms with Crippen LogP contribution in [0.4, 0.5) is 0 Å². The van der Waals surface area contributed by atoms with Gasteiger partial charge >= 0.3 is 0 Å². The first-order valence-corrected chi connectivity index (χ1v) is 6.58. The summed E-state index contributed by atoms with van der Waals surface area (Å²) in [4.78, 5) is 0. The Kier molecular flexibility index (Phi) is 2.32. The molecule has 19 heavy (non-hydrogen) atoms. The smallest absolute Gasteiger partial charge is 0.231 e. The Balaban J connectivity index is 1.99. The lowest BCUT2D eigenvalue weighted by molar-refractivity contribution is 0.174. The number of rotatable bonds is 0. The lowest BCUT2D eigenvalue weighted by atomic mass is 9.96. The highest BCUT2D eigenvalue weighted by molar-refractivity contribution is 6.30. The first kappa shape index (κ1) is 10.9. The van der Waals surface area contributed by atoms with Crippen LogP contribution in [0.1, 0.15) is 11.1 Å². The van der Waals surface area contributed by atoms with Crippen molar-refractivity contribution in [3.63, 3.8) is 0 Å². The number of benzene rings is 2. The van der Waals surface area contributed by atoms with Gasteiger partial charge in [0.1, 0.15) is 0 Å². The van der Waals surface area contributed by atoms with E-state index in [1.54, 1.807) is 0 Å². The van der Waals surface area contributed by atoms with Crippen molar-refractivity contribution in [3.8, 4) is 22.6 Å². The summed E-state index contributed by atoms with van der Waals surface area (Å²) in [6, 6.07) is 10.1. The zero-order valence-electron chi connectivity index (χ0n) is 10.2. The van der Waals surface area contributed by atoms with E-state index in [4.69, 9.17) is 21.1 Å². The third-order valence-electron chi connectivity index (χ3n) is 3.54. The van der Waals surface area contributed by atoms with Gasteiger partial charge in [0.2, 0.25) is 6.79 Å². The predicted octanol–water partition coefficient (Wildman–Crippen LogP) is 4.31.